The standard InChI is InChI=1S/C12H26N2O2/c1-10(2)9-11(13)12(15)14-7-5-4-6-8-16-3/h10-11H,4-9,13H2,1-3H3,(H,14,15). The first-order valence-electron chi connectivity index (χ1n) is 6.10. The van der Waals surface area contributed by atoms with Crippen molar-refractivity contribution in [3.05, 3.63) is 0 Å². The SMILES string of the molecule is COCCCCCNC(=O)C(N)CC(C)C. The first kappa shape index (κ1) is 15.4. The number of ether oxygens (including phenoxy) is 1. The van der Waals surface area contributed by atoms with Crippen molar-refractivity contribution in [2.75, 3.05) is 20.3 Å². The van der Waals surface area contributed by atoms with Gasteiger partial charge in [0.15, 0.2) is 0 Å². The molecule has 0 saturated heterocycles. The number of carbonyl (C=O) groups excluding carboxylic acids is 1. The van der Waals surface area contributed by atoms with Crippen LogP contribution in [0.5, 0.6) is 0 Å². The summed E-state index contributed by atoms with van der Waals surface area (Å²) in [4.78, 5) is 11.5. The van der Waals surface area contributed by atoms with Crippen LogP contribution >= 0.6 is 0 Å². The number of unbranched alkanes of at least 4 members (excludes halogenated alkanes) is 2. The number of amides is 1. The number of methoxy groups -OCH3 is 1. The predicted octanol–water partition coefficient (Wildman–Crippen LogP) is 1.29. The third-order valence-corrected chi connectivity index (χ3v) is 2.39. The molecule has 0 spiro atoms. The highest BCUT2D eigenvalue weighted by molar-refractivity contribution is 5.81. The lowest BCUT2D eigenvalue weighted by Gasteiger charge is -2.13. The topological polar surface area (TPSA) is 64.3 Å². The Kier molecular flexibility index (Phi) is 9.24. The fourth-order valence-corrected chi connectivity index (χ4v) is 1.51. The van der Waals surface area contributed by atoms with Crippen molar-refractivity contribution in [1.29, 1.82) is 0 Å². The average Bonchev–Trinajstić information content (AvgIpc) is 2.21. The van der Waals surface area contributed by atoms with Crippen molar-refractivity contribution in [2.45, 2.75) is 45.6 Å². The number of rotatable bonds is 9. The van der Waals surface area contributed by atoms with Gasteiger partial charge in [0.2, 0.25) is 5.91 Å². The van der Waals surface area contributed by atoms with Crippen LogP contribution in [0.25, 0.3) is 0 Å². The Balaban J connectivity index is 3.42. The van der Waals surface area contributed by atoms with Gasteiger partial charge in [-0.25, -0.2) is 0 Å². The second-order valence-corrected chi connectivity index (χ2v) is 4.58. The fourth-order valence-electron chi connectivity index (χ4n) is 1.51. The number of carbonyl (C=O) groups is 1. The molecule has 0 heterocycles. The molecule has 16 heavy (non-hydrogen) atoms. The van der Waals surface area contributed by atoms with Crippen LogP contribution in [0.15, 0.2) is 0 Å². The monoisotopic (exact) mass is 230 g/mol. The molecule has 0 aliphatic heterocycles. The summed E-state index contributed by atoms with van der Waals surface area (Å²) in [5, 5.41) is 2.86. The lowest BCUT2D eigenvalue weighted by Crippen LogP contribution is -2.41. The Labute approximate surface area is 98.9 Å². The summed E-state index contributed by atoms with van der Waals surface area (Å²) in [5.74, 6) is 0.433. The minimum Gasteiger partial charge on any atom is -0.385 e. The van der Waals surface area contributed by atoms with Gasteiger partial charge in [-0.1, -0.05) is 13.8 Å². The molecule has 4 heteroatoms. The molecule has 4 nitrogen and oxygen atoms in total. The van der Waals surface area contributed by atoms with Gasteiger partial charge in [0.25, 0.3) is 0 Å². The van der Waals surface area contributed by atoms with Crippen molar-refractivity contribution in [1.82, 2.24) is 5.32 Å². The molecule has 1 amide bonds. The minimum atomic E-state index is -0.362. The summed E-state index contributed by atoms with van der Waals surface area (Å²) in [7, 11) is 1.70. The Morgan fingerprint density at radius 3 is 2.56 bits per heavy atom. The molecular formula is C12H26N2O2. The third kappa shape index (κ3) is 8.68. The summed E-state index contributed by atoms with van der Waals surface area (Å²) < 4.78 is 4.94. The van der Waals surface area contributed by atoms with E-state index in [0.717, 1.165) is 32.3 Å². The van der Waals surface area contributed by atoms with E-state index in [0.29, 0.717) is 12.5 Å². The van der Waals surface area contributed by atoms with Gasteiger partial charge in [-0.05, 0) is 31.6 Å². The van der Waals surface area contributed by atoms with E-state index in [1.54, 1.807) is 7.11 Å². The smallest absolute Gasteiger partial charge is 0.236 e. The maximum atomic E-state index is 11.5. The van der Waals surface area contributed by atoms with E-state index < -0.39 is 0 Å². The maximum absolute atomic E-state index is 11.5. The van der Waals surface area contributed by atoms with Gasteiger partial charge in [0.05, 0.1) is 6.04 Å². The normalized spacial score (nSPS) is 12.8. The van der Waals surface area contributed by atoms with Gasteiger partial charge in [-0.3, -0.25) is 4.79 Å². The molecule has 0 aromatic rings. The summed E-state index contributed by atoms with van der Waals surface area (Å²) in [6, 6.07) is -0.362. The molecule has 0 bridgehead atoms. The fraction of sp³-hybridized carbons (Fsp3) is 0.917. The van der Waals surface area contributed by atoms with Crippen LogP contribution in [0.4, 0.5) is 0 Å². The van der Waals surface area contributed by atoms with Crippen LogP contribution in [0, 0.1) is 5.92 Å². The van der Waals surface area contributed by atoms with E-state index >= 15 is 0 Å². The van der Waals surface area contributed by atoms with E-state index in [4.69, 9.17) is 10.5 Å². The molecule has 0 aliphatic carbocycles. The van der Waals surface area contributed by atoms with Gasteiger partial charge in [-0.15, -0.1) is 0 Å². The highest BCUT2D eigenvalue weighted by Crippen LogP contribution is 2.02. The van der Waals surface area contributed by atoms with Crippen LogP contribution in [0.1, 0.15) is 39.5 Å². The molecule has 3 N–H and O–H groups in total. The van der Waals surface area contributed by atoms with Crippen LogP contribution in [-0.4, -0.2) is 32.2 Å². The Morgan fingerprint density at radius 2 is 2.00 bits per heavy atom. The van der Waals surface area contributed by atoms with Gasteiger partial charge in [-0.2, -0.15) is 0 Å². The molecule has 1 atom stereocenters. The maximum Gasteiger partial charge on any atom is 0.236 e. The molecule has 0 aromatic carbocycles. The van der Waals surface area contributed by atoms with Crippen LogP contribution in [0.2, 0.25) is 0 Å². The molecular weight excluding hydrogens is 204 g/mol. The third-order valence-electron chi connectivity index (χ3n) is 2.39. The summed E-state index contributed by atoms with van der Waals surface area (Å²) in [6.07, 6.45) is 3.86. The van der Waals surface area contributed by atoms with Gasteiger partial charge < -0.3 is 15.8 Å². The van der Waals surface area contributed by atoms with Crippen molar-refractivity contribution in [3.8, 4) is 0 Å². The van der Waals surface area contributed by atoms with E-state index in [9.17, 15) is 4.79 Å². The Hall–Kier alpha value is -0.610. The number of hydrogen-bond donors (Lipinski definition) is 2. The molecule has 96 valence electrons. The van der Waals surface area contributed by atoms with Gasteiger partial charge in [0, 0.05) is 20.3 Å². The average molecular weight is 230 g/mol. The zero-order chi connectivity index (χ0) is 12.4. The van der Waals surface area contributed by atoms with Gasteiger partial charge in [0.1, 0.15) is 0 Å². The van der Waals surface area contributed by atoms with E-state index in [1.807, 2.05) is 0 Å². The molecule has 0 fully saturated rings. The predicted molar refractivity (Wildman–Crippen MR) is 66.2 cm³/mol. The quantitative estimate of drug-likeness (QED) is 0.587. The van der Waals surface area contributed by atoms with E-state index in [-0.39, 0.29) is 11.9 Å². The second-order valence-electron chi connectivity index (χ2n) is 4.58. The Bertz CT molecular complexity index is 184. The first-order valence-corrected chi connectivity index (χ1v) is 6.10. The van der Waals surface area contributed by atoms with E-state index in [1.165, 1.54) is 0 Å². The molecule has 0 aromatic heterocycles. The van der Waals surface area contributed by atoms with Crippen LogP contribution < -0.4 is 11.1 Å². The molecule has 0 radical (unpaired) electrons. The highest BCUT2D eigenvalue weighted by Gasteiger charge is 2.13. The number of nitrogens with one attached hydrogen (secondary N) is 1. The molecule has 1 unspecified atom stereocenters. The lowest BCUT2D eigenvalue weighted by atomic mass is 10.0. The lowest BCUT2D eigenvalue weighted by molar-refractivity contribution is -0.122. The molecule has 0 saturated carbocycles. The summed E-state index contributed by atoms with van der Waals surface area (Å²) >= 11 is 0. The summed E-state index contributed by atoms with van der Waals surface area (Å²) in [5.41, 5.74) is 5.75. The van der Waals surface area contributed by atoms with Crippen molar-refractivity contribution < 1.29 is 9.53 Å². The van der Waals surface area contributed by atoms with Gasteiger partial charge >= 0.3 is 0 Å². The zero-order valence-electron chi connectivity index (χ0n) is 10.8. The second kappa shape index (κ2) is 9.60. The Morgan fingerprint density at radius 1 is 1.31 bits per heavy atom. The number of hydrogen-bond acceptors (Lipinski definition) is 3. The summed E-state index contributed by atoms with van der Waals surface area (Å²) in [6.45, 7) is 5.64. The van der Waals surface area contributed by atoms with Crippen molar-refractivity contribution >= 4 is 5.91 Å². The van der Waals surface area contributed by atoms with Crippen molar-refractivity contribution in [3.63, 3.8) is 0 Å². The van der Waals surface area contributed by atoms with Crippen LogP contribution in [-0.2, 0) is 9.53 Å². The molecule has 0 rings (SSSR count). The van der Waals surface area contributed by atoms with E-state index in [2.05, 4.69) is 19.2 Å². The first-order chi connectivity index (χ1) is 7.57. The highest BCUT2D eigenvalue weighted by atomic mass is 16.5. The minimum absolute atomic E-state index is 0.0274. The van der Waals surface area contributed by atoms with Crippen molar-refractivity contribution in [2.24, 2.45) is 11.7 Å². The largest absolute Gasteiger partial charge is 0.385 e. The number of nitrogens with two attached hydrogens (primary N) is 1. The van der Waals surface area contributed by atoms with Crippen LogP contribution in [0.3, 0.4) is 0 Å². The zero-order valence-corrected chi connectivity index (χ0v) is 10.8. The molecule has 0 aliphatic rings.